The van der Waals surface area contributed by atoms with Crippen LogP contribution in [0.2, 0.25) is 0 Å². The van der Waals surface area contributed by atoms with Crippen molar-refractivity contribution < 1.29 is 18.7 Å². The molecule has 0 radical (unpaired) electrons. The number of carbonyl (C=O) groups excluding carboxylic acids is 2. The lowest BCUT2D eigenvalue weighted by atomic mass is 10.1. The minimum atomic E-state index is -0.512. The Bertz CT molecular complexity index is 1580. The van der Waals surface area contributed by atoms with Gasteiger partial charge in [0.05, 0.1) is 24.5 Å². The SMILES string of the molecule is CC1CNC(=O)c2cnn3c(N)c(-c4ccc(NC(=O)N5CCC5)cc4)c(nc23)NCc2cc(F)cnc2O1. The molecule has 4 aromatic rings. The number of nitrogens with zero attached hydrogens (tertiary/aromatic N) is 5. The normalized spacial score (nSPS) is 17.0. The first kappa shape index (κ1) is 24.4. The Morgan fingerprint density at radius 3 is 2.74 bits per heavy atom. The van der Waals surface area contributed by atoms with Gasteiger partial charge in [0.15, 0.2) is 5.65 Å². The second-order valence-corrected chi connectivity index (χ2v) is 9.47. The molecule has 1 atom stereocenters. The zero-order valence-electron chi connectivity index (χ0n) is 21.1. The van der Waals surface area contributed by atoms with Crippen LogP contribution in [0.5, 0.6) is 5.88 Å². The third-order valence-corrected chi connectivity index (χ3v) is 6.70. The van der Waals surface area contributed by atoms with Crippen LogP contribution in [0.4, 0.5) is 26.5 Å². The van der Waals surface area contributed by atoms with Crippen molar-refractivity contribution in [3.8, 4) is 17.0 Å². The number of benzene rings is 1. The van der Waals surface area contributed by atoms with Crippen LogP contribution in [0.3, 0.4) is 0 Å². The highest BCUT2D eigenvalue weighted by molar-refractivity contribution is 6.01. The highest BCUT2D eigenvalue weighted by Gasteiger charge is 2.24. The first-order valence-corrected chi connectivity index (χ1v) is 12.5. The fourth-order valence-corrected chi connectivity index (χ4v) is 4.47. The van der Waals surface area contributed by atoms with E-state index in [1.54, 1.807) is 36.1 Å². The molecular formula is C26H26FN9O3. The number of nitrogen functional groups attached to an aromatic ring is 1. The number of aromatic nitrogens is 4. The van der Waals surface area contributed by atoms with E-state index in [1.165, 1.54) is 16.8 Å². The quantitative estimate of drug-likeness (QED) is 0.308. The lowest BCUT2D eigenvalue weighted by Gasteiger charge is -2.30. The van der Waals surface area contributed by atoms with Crippen molar-refractivity contribution in [2.45, 2.75) is 26.0 Å². The van der Waals surface area contributed by atoms with Crippen molar-refractivity contribution >= 4 is 34.9 Å². The number of urea groups is 1. The minimum absolute atomic E-state index is 0.122. The molecule has 1 saturated heterocycles. The smallest absolute Gasteiger partial charge is 0.321 e. The number of hydrogen-bond acceptors (Lipinski definition) is 8. The number of pyridine rings is 1. The van der Waals surface area contributed by atoms with Gasteiger partial charge in [0.2, 0.25) is 5.88 Å². The van der Waals surface area contributed by atoms with E-state index in [0.29, 0.717) is 28.2 Å². The molecule has 5 heterocycles. The van der Waals surface area contributed by atoms with E-state index < -0.39 is 11.9 Å². The van der Waals surface area contributed by atoms with Gasteiger partial charge in [-0.3, -0.25) is 4.79 Å². The lowest BCUT2D eigenvalue weighted by molar-refractivity contribution is 0.0932. The van der Waals surface area contributed by atoms with Crippen LogP contribution < -0.4 is 26.4 Å². The van der Waals surface area contributed by atoms with Gasteiger partial charge >= 0.3 is 6.03 Å². The fraction of sp³-hybridized carbons (Fsp3) is 0.269. The number of rotatable bonds is 2. The van der Waals surface area contributed by atoms with E-state index in [9.17, 15) is 14.0 Å². The van der Waals surface area contributed by atoms with E-state index in [4.69, 9.17) is 15.5 Å². The number of anilines is 3. The van der Waals surface area contributed by atoms with Gasteiger partial charge in [0, 0.05) is 30.9 Å². The average molecular weight is 532 g/mol. The van der Waals surface area contributed by atoms with E-state index in [1.807, 2.05) is 0 Å². The molecule has 1 fully saturated rings. The first-order valence-electron chi connectivity index (χ1n) is 12.5. The summed E-state index contributed by atoms with van der Waals surface area (Å²) < 4.78 is 21.4. The third-order valence-electron chi connectivity index (χ3n) is 6.70. The summed E-state index contributed by atoms with van der Waals surface area (Å²) in [4.78, 5) is 35.8. The number of amides is 3. The second kappa shape index (κ2) is 9.74. The van der Waals surface area contributed by atoms with Crippen LogP contribution in [0.25, 0.3) is 16.8 Å². The van der Waals surface area contributed by atoms with E-state index in [-0.39, 0.29) is 47.9 Å². The molecule has 6 rings (SSSR count). The standard InChI is InChI=1S/C26H26FN9O3/c1-14-10-30-24(37)19-13-32-36-21(28)20(15-3-5-18(6-4-15)33-26(38)35-7-2-8-35)22(34-23(19)36)29-11-16-9-17(27)12-31-25(16)39-14/h3-6,9,12-14H,2,7-8,10-11,28H2,1H3,(H,29,34)(H,30,37)(H,33,38). The van der Waals surface area contributed by atoms with Crippen molar-refractivity contribution in [1.82, 2.24) is 29.8 Å². The highest BCUT2D eigenvalue weighted by Crippen LogP contribution is 2.35. The van der Waals surface area contributed by atoms with Crippen LogP contribution in [0.15, 0.2) is 42.7 Å². The van der Waals surface area contributed by atoms with Gasteiger partial charge in [-0.1, -0.05) is 12.1 Å². The molecule has 0 spiro atoms. The molecule has 13 heteroatoms. The number of ether oxygens (including phenoxy) is 1. The molecule has 1 aromatic carbocycles. The predicted molar refractivity (Wildman–Crippen MR) is 142 cm³/mol. The molecule has 12 nitrogen and oxygen atoms in total. The number of likely N-dealkylation sites (tertiary alicyclic amines) is 1. The van der Waals surface area contributed by atoms with E-state index in [2.05, 4.69) is 26.0 Å². The summed E-state index contributed by atoms with van der Waals surface area (Å²) in [5.41, 5.74) is 9.42. The maximum absolute atomic E-state index is 14.1. The van der Waals surface area contributed by atoms with Crippen LogP contribution >= 0.6 is 0 Å². The Morgan fingerprint density at radius 2 is 2.00 bits per heavy atom. The third kappa shape index (κ3) is 4.62. The monoisotopic (exact) mass is 531 g/mol. The number of hydrogen-bond donors (Lipinski definition) is 4. The van der Waals surface area contributed by atoms with E-state index >= 15 is 0 Å². The highest BCUT2D eigenvalue weighted by atomic mass is 19.1. The summed E-state index contributed by atoms with van der Waals surface area (Å²) in [6, 6.07) is 8.35. The van der Waals surface area contributed by atoms with Gasteiger partial charge in [-0.25, -0.2) is 19.2 Å². The number of nitrogens with one attached hydrogen (secondary N) is 3. The Kier molecular flexibility index (Phi) is 6.09. The molecule has 3 amide bonds. The van der Waals surface area contributed by atoms with Gasteiger partial charge in [-0.05, 0) is 37.1 Å². The summed E-state index contributed by atoms with van der Waals surface area (Å²) in [5, 5.41) is 13.2. The van der Waals surface area contributed by atoms with E-state index in [0.717, 1.165) is 25.7 Å². The molecule has 2 bridgehead atoms. The first-order chi connectivity index (χ1) is 18.9. The zero-order chi connectivity index (χ0) is 27.1. The number of nitrogens with two attached hydrogens (primary N) is 1. The van der Waals surface area contributed by atoms with Gasteiger partial charge in [-0.2, -0.15) is 9.61 Å². The summed E-state index contributed by atoms with van der Waals surface area (Å²) in [6.45, 7) is 3.58. The maximum atomic E-state index is 14.1. The molecular weight excluding hydrogens is 505 g/mol. The number of fused-ring (bicyclic) bond motifs is 2. The predicted octanol–water partition coefficient (Wildman–Crippen LogP) is 2.87. The summed E-state index contributed by atoms with van der Waals surface area (Å²) in [5.74, 6) is -0.0578. The van der Waals surface area contributed by atoms with Crippen LogP contribution in [0.1, 0.15) is 29.3 Å². The lowest BCUT2D eigenvalue weighted by Crippen LogP contribution is -2.44. The second-order valence-electron chi connectivity index (χ2n) is 9.47. The molecule has 1 unspecified atom stereocenters. The van der Waals surface area contributed by atoms with Gasteiger partial charge in [-0.15, -0.1) is 0 Å². The molecule has 200 valence electrons. The topological polar surface area (TPSA) is 152 Å². The zero-order valence-corrected chi connectivity index (χ0v) is 21.1. The molecule has 39 heavy (non-hydrogen) atoms. The van der Waals surface area contributed by atoms with Gasteiger partial charge < -0.3 is 31.3 Å². The van der Waals surface area contributed by atoms with Crippen LogP contribution in [-0.4, -0.2) is 62.2 Å². The summed E-state index contributed by atoms with van der Waals surface area (Å²) >= 11 is 0. The Balaban J connectivity index is 1.42. The van der Waals surface area contributed by atoms with Crippen molar-refractivity contribution in [2.75, 3.05) is 36.0 Å². The van der Waals surface area contributed by atoms with Crippen molar-refractivity contribution in [1.29, 1.82) is 0 Å². The summed E-state index contributed by atoms with van der Waals surface area (Å²) in [7, 11) is 0. The molecule has 2 aliphatic heterocycles. The average Bonchev–Trinajstić information content (AvgIpc) is 3.31. The Labute approximate surface area is 222 Å². The number of halogens is 1. The Hall–Kier alpha value is -4.94. The van der Waals surface area contributed by atoms with Gasteiger partial charge in [0.1, 0.15) is 29.1 Å². The fourth-order valence-electron chi connectivity index (χ4n) is 4.47. The van der Waals surface area contributed by atoms with Crippen molar-refractivity contribution in [2.24, 2.45) is 0 Å². The number of carbonyl (C=O) groups is 2. The molecule has 3 aromatic heterocycles. The summed E-state index contributed by atoms with van der Waals surface area (Å²) in [6.07, 6.45) is 3.06. The maximum Gasteiger partial charge on any atom is 0.321 e. The van der Waals surface area contributed by atoms with Crippen LogP contribution in [0, 0.1) is 5.82 Å². The molecule has 0 saturated carbocycles. The van der Waals surface area contributed by atoms with Crippen LogP contribution in [-0.2, 0) is 6.54 Å². The van der Waals surface area contributed by atoms with Gasteiger partial charge in [0.25, 0.3) is 5.91 Å². The van der Waals surface area contributed by atoms with Crippen molar-refractivity contribution in [3.63, 3.8) is 0 Å². The van der Waals surface area contributed by atoms with Crippen molar-refractivity contribution in [3.05, 3.63) is 59.7 Å². The largest absolute Gasteiger partial charge is 0.473 e. The molecule has 2 aliphatic rings. The Morgan fingerprint density at radius 1 is 1.21 bits per heavy atom. The minimum Gasteiger partial charge on any atom is -0.473 e. The molecule has 5 N–H and O–H groups in total. The molecule has 0 aliphatic carbocycles.